The van der Waals surface area contributed by atoms with Crippen molar-refractivity contribution < 1.29 is 13.7 Å². The van der Waals surface area contributed by atoms with E-state index in [1.807, 2.05) is 64.1 Å². The maximum absolute atomic E-state index is 14.2. The molecule has 0 unspecified atom stereocenters. The second-order valence-electron chi connectivity index (χ2n) is 7.53. The summed E-state index contributed by atoms with van der Waals surface area (Å²) in [6.45, 7) is 9.20. The van der Waals surface area contributed by atoms with E-state index in [4.69, 9.17) is 9.31 Å². The lowest BCUT2D eigenvalue weighted by Crippen LogP contribution is -2.41. The largest absolute Gasteiger partial charge is 0.494 e. The first-order valence-corrected chi connectivity index (χ1v) is 8.67. The Balaban J connectivity index is 1.69. The van der Waals surface area contributed by atoms with Crippen LogP contribution in [0.25, 0.3) is 0 Å². The van der Waals surface area contributed by atoms with Crippen molar-refractivity contribution in [2.75, 3.05) is 0 Å². The molecule has 5 heteroatoms. The summed E-state index contributed by atoms with van der Waals surface area (Å²) in [4.78, 5) is 0. The summed E-state index contributed by atoms with van der Waals surface area (Å²) in [7, 11) is -0.474. The second-order valence-corrected chi connectivity index (χ2v) is 7.53. The molecule has 0 saturated carbocycles. The molecular formula is C20H25BFNO2. The van der Waals surface area contributed by atoms with Crippen LogP contribution >= 0.6 is 0 Å². The molecule has 2 aromatic carbocycles. The fourth-order valence-corrected chi connectivity index (χ4v) is 2.79. The van der Waals surface area contributed by atoms with E-state index in [9.17, 15) is 4.39 Å². The minimum Gasteiger partial charge on any atom is -0.399 e. The Labute approximate surface area is 149 Å². The van der Waals surface area contributed by atoms with Crippen LogP contribution < -0.4 is 10.8 Å². The number of hydrogen-bond acceptors (Lipinski definition) is 3. The van der Waals surface area contributed by atoms with Crippen LogP contribution in [0.4, 0.5) is 4.39 Å². The number of hydrogen-bond donors (Lipinski definition) is 1. The zero-order valence-electron chi connectivity index (χ0n) is 15.3. The Morgan fingerprint density at radius 3 is 2.20 bits per heavy atom. The monoisotopic (exact) mass is 341 g/mol. The van der Waals surface area contributed by atoms with Gasteiger partial charge in [-0.1, -0.05) is 42.5 Å². The van der Waals surface area contributed by atoms with Gasteiger partial charge in [-0.3, -0.25) is 0 Å². The topological polar surface area (TPSA) is 30.5 Å². The lowest BCUT2D eigenvalue weighted by molar-refractivity contribution is 0.00578. The Morgan fingerprint density at radius 1 is 0.920 bits per heavy atom. The van der Waals surface area contributed by atoms with Gasteiger partial charge in [-0.2, -0.15) is 0 Å². The van der Waals surface area contributed by atoms with Gasteiger partial charge in [0.15, 0.2) is 0 Å². The maximum atomic E-state index is 14.2. The van der Waals surface area contributed by atoms with Crippen molar-refractivity contribution in [1.29, 1.82) is 0 Å². The normalized spacial score (nSPS) is 18.5. The fraction of sp³-hybridized carbons (Fsp3) is 0.400. The highest BCUT2D eigenvalue weighted by Gasteiger charge is 2.51. The van der Waals surface area contributed by atoms with Gasteiger partial charge in [-0.25, -0.2) is 4.39 Å². The highest BCUT2D eigenvalue weighted by atomic mass is 19.1. The van der Waals surface area contributed by atoms with Crippen LogP contribution in [0.5, 0.6) is 0 Å². The molecule has 25 heavy (non-hydrogen) atoms. The minimum absolute atomic E-state index is 0.221. The Morgan fingerprint density at radius 2 is 1.56 bits per heavy atom. The highest BCUT2D eigenvalue weighted by molar-refractivity contribution is 6.62. The molecule has 1 saturated heterocycles. The zero-order chi connectivity index (χ0) is 18.1. The van der Waals surface area contributed by atoms with E-state index in [0.29, 0.717) is 18.7 Å². The van der Waals surface area contributed by atoms with Crippen molar-refractivity contribution in [2.24, 2.45) is 0 Å². The van der Waals surface area contributed by atoms with Crippen LogP contribution in [-0.2, 0) is 22.4 Å². The molecule has 0 amide bonds. The smallest absolute Gasteiger partial charge is 0.399 e. The van der Waals surface area contributed by atoms with Crippen molar-refractivity contribution in [1.82, 2.24) is 5.32 Å². The molecule has 2 aromatic rings. The minimum atomic E-state index is -0.474. The van der Waals surface area contributed by atoms with E-state index in [1.165, 1.54) is 11.6 Å². The predicted octanol–water partition coefficient (Wildman–Crippen LogP) is 3.41. The summed E-state index contributed by atoms with van der Waals surface area (Å²) in [6.07, 6.45) is 0. The molecule has 0 atom stereocenters. The second kappa shape index (κ2) is 6.91. The molecule has 0 spiro atoms. The summed E-state index contributed by atoms with van der Waals surface area (Å²) < 4.78 is 26.3. The first kappa shape index (κ1) is 18.1. The standard InChI is InChI=1S/C20H25BFNO2/c1-19(2)20(3,4)25-21(24-19)17-10-11-18(22)16(12-17)14-23-13-15-8-6-5-7-9-15/h5-12,23H,13-14H2,1-4H3. The summed E-state index contributed by atoms with van der Waals surface area (Å²) >= 11 is 0. The Hall–Kier alpha value is -1.69. The first-order chi connectivity index (χ1) is 11.8. The van der Waals surface area contributed by atoms with Crippen molar-refractivity contribution in [3.8, 4) is 0 Å². The quantitative estimate of drug-likeness (QED) is 0.846. The Kier molecular flexibility index (Phi) is 5.00. The molecule has 1 fully saturated rings. The average molecular weight is 341 g/mol. The highest BCUT2D eigenvalue weighted by Crippen LogP contribution is 2.36. The van der Waals surface area contributed by atoms with Gasteiger partial charge in [0.05, 0.1) is 11.2 Å². The molecule has 1 N–H and O–H groups in total. The van der Waals surface area contributed by atoms with Crippen LogP contribution in [0.3, 0.4) is 0 Å². The van der Waals surface area contributed by atoms with Gasteiger partial charge < -0.3 is 14.6 Å². The molecule has 0 radical (unpaired) electrons. The molecule has 0 aromatic heterocycles. The maximum Gasteiger partial charge on any atom is 0.494 e. The number of halogens is 1. The van der Waals surface area contributed by atoms with Crippen molar-refractivity contribution >= 4 is 12.6 Å². The molecule has 132 valence electrons. The summed E-state index contributed by atoms with van der Waals surface area (Å²) in [5, 5.41) is 3.29. The molecule has 3 nitrogen and oxygen atoms in total. The van der Waals surface area contributed by atoms with Crippen molar-refractivity contribution in [2.45, 2.75) is 52.0 Å². The van der Waals surface area contributed by atoms with Gasteiger partial charge in [0.2, 0.25) is 0 Å². The molecule has 3 rings (SSSR count). The SMILES string of the molecule is CC1(C)OB(c2ccc(F)c(CNCc3ccccc3)c2)OC1(C)C. The van der Waals surface area contributed by atoms with Gasteiger partial charge in [-0.15, -0.1) is 0 Å². The van der Waals surface area contributed by atoms with Gasteiger partial charge in [-0.05, 0) is 44.8 Å². The first-order valence-electron chi connectivity index (χ1n) is 8.67. The van der Waals surface area contributed by atoms with Crippen LogP contribution in [0.1, 0.15) is 38.8 Å². The van der Waals surface area contributed by atoms with Crippen molar-refractivity contribution in [3.05, 3.63) is 65.5 Å². The van der Waals surface area contributed by atoms with Crippen LogP contribution in [0.15, 0.2) is 48.5 Å². The molecule has 1 aliphatic rings. The molecule has 1 aliphatic heterocycles. The third-order valence-corrected chi connectivity index (χ3v) is 5.08. The fourth-order valence-electron chi connectivity index (χ4n) is 2.79. The lowest BCUT2D eigenvalue weighted by Gasteiger charge is -2.32. The zero-order valence-corrected chi connectivity index (χ0v) is 15.3. The lowest BCUT2D eigenvalue weighted by atomic mass is 9.78. The average Bonchev–Trinajstić information content (AvgIpc) is 2.78. The van der Waals surface area contributed by atoms with E-state index in [1.54, 1.807) is 6.07 Å². The molecule has 0 aliphatic carbocycles. The van der Waals surface area contributed by atoms with E-state index >= 15 is 0 Å². The van der Waals surface area contributed by atoms with Crippen molar-refractivity contribution in [3.63, 3.8) is 0 Å². The van der Waals surface area contributed by atoms with E-state index < -0.39 is 18.3 Å². The molecule has 1 heterocycles. The van der Waals surface area contributed by atoms with Gasteiger partial charge in [0.1, 0.15) is 5.82 Å². The van der Waals surface area contributed by atoms with E-state index in [0.717, 1.165) is 5.46 Å². The number of benzene rings is 2. The third kappa shape index (κ3) is 3.95. The molecule has 0 bridgehead atoms. The number of rotatable bonds is 5. The summed E-state index contributed by atoms with van der Waals surface area (Å²) in [5.74, 6) is -0.221. The third-order valence-electron chi connectivity index (χ3n) is 5.08. The number of nitrogens with one attached hydrogen (secondary N) is 1. The van der Waals surface area contributed by atoms with Gasteiger partial charge >= 0.3 is 7.12 Å². The Bertz CT molecular complexity index is 718. The van der Waals surface area contributed by atoms with Gasteiger partial charge in [0.25, 0.3) is 0 Å². The van der Waals surface area contributed by atoms with Gasteiger partial charge in [0, 0.05) is 18.7 Å². The van der Waals surface area contributed by atoms with Crippen LogP contribution in [0.2, 0.25) is 0 Å². The van der Waals surface area contributed by atoms with Crippen LogP contribution in [0, 0.1) is 5.82 Å². The summed E-state index contributed by atoms with van der Waals surface area (Å²) in [5.41, 5.74) is 1.82. The summed E-state index contributed by atoms with van der Waals surface area (Å²) in [6, 6.07) is 15.1. The predicted molar refractivity (Wildman–Crippen MR) is 99.1 cm³/mol. The van der Waals surface area contributed by atoms with Crippen LogP contribution in [-0.4, -0.2) is 18.3 Å². The van der Waals surface area contributed by atoms with E-state index in [-0.39, 0.29) is 5.82 Å². The van der Waals surface area contributed by atoms with E-state index in [2.05, 4.69) is 5.32 Å². The molecular weight excluding hydrogens is 316 g/mol.